The van der Waals surface area contributed by atoms with Crippen LogP contribution in [0.15, 0.2) is 36.4 Å². The van der Waals surface area contributed by atoms with Crippen LogP contribution in [0, 0.1) is 13.8 Å². The number of anilines is 1. The maximum atomic E-state index is 12.0. The van der Waals surface area contributed by atoms with E-state index in [2.05, 4.69) is 10.3 Å². The molecule has 0 bridgehead atoms. The second-order valence-electron chi connectivity index (χ2n) is 6.35. The van der Waals surface area contributed by atoms with Gasteiger partial charge in [-0.2, -0.15) is 0 Å². The molecule has 0 aliphatic carbocycles. The average molecular weight is 414 g/mol. The molecule has 7 nitrogen and oxygen atoms in total. The molecule has 0 aliphatic rings. The first-order valence-corrected chi connectivity index (χ1v) is 9.95. The molecule has 0 radical (unpaired) electrons. The topological polar surface area (TPSA) is 86.8 Å². The second-order valence-corrected chi connectivity index (χ2v) is 7.38. The number of hydrogen-bond donors (Lipinski definition) is 1. The van der Waals surface area contributed by atoms with Gasteiger partial charge in [-0.3, -0.25) is 10.1 Å². The van der Waals surface area contributed by atoms with Crippen molar-refractivity contribution in [2.75, 3.05) is 25.1 Å². The number of aromatic nitrogens is 1. The fourth-order valence-corrected chi connectivity index (χ4v) is 3.77. The van der Waals surface area contributed by atoms with Gasteiger partial charge in [0.15, 0.2) is 18.3 Å². The Hall–Kier alpha value is -3.13. The van der Waals surface area contributed by atoms with Crippen LogP contribution in [0.5, 0.6) is 11.5 Å². The number of carbonyl (C=O) groups excluding carboxylic acids is 2. The standard InChI is InChI=1S/C21H22N2O5S/c1-4-26-15-5-7-16(8-6-15)27-12-19(25)28-11-18(24)22-21-23-20-14(3)9-13(2)10-17(20)29-21/h5-10H,4,11-12H2,1-3H3,(H,22,23,24). The van der Waals surface area contributed by atoms with Gasteiger partial charge >= 0.3 is 5.97 Å². The molecular formula is C21H22N2O5S. The van der Waals surface area contributed by atoms with E-state index in [1.54, 1.807) is 24.3 Å². The lowest BCUT2D eigenvalue weighted by atomic mass is 10.1. The summed E-state index contributed by atoms with van der Waals surface area (Å²) in [7, 11) is 0. The van der Waals surface area contributed by atoms with Crippen LogP contribution in [-0.4, -0.2) is 36.7 Å². The van der Waals surface area contributed by atoms with Crippen molar-refractivity contribution in [1.82, 2.24) is 4.98 Å². The molecule has 0 spiro atoms. The normalized spacial score (nSPS) is 10.6. The third-order valence-corrected chi connectivity index (χ3v) is 4.85. The minimum atomic E-state index is -0.634. The van der Waals surface area contributed by atoms with Crippen molar-refractivity contribution in [1.29, 1.82) is 0 Å². The zero-order valence-electron chi connectivity index (χ0n) is 16.5. The van der Waals surface area contributed by atoms with E-state index in [-0.39, 0.29) is 6.61 Å². The predicted molar refractivity (Wildman–Crippen MR) is 112 cm³/mol. The van der Waals surface area contributed by atoms with Crippen LogP contribution >= 0.6 is 11.3 Å². The smallest absolute Gasteiger partial charge is 0.344 e. The van der Waals surface area contributed by atoms with E-state index in [4.69, 9.17) is 14.2 Å². The number of benzene rings is 2. The molecule has 8 heteroatoms. The van der Waals surface area contributed by atoms with E-state index in [0.29, 0.717) is 17.5 Å². The van der Waals surface area contributed by atoms with Crippen LogP contribution in [0.1, 0.15) is 18.1 Å². The Kier molecular flexibility index (Phi) is 6.66. The van der Waals surface area contributed by atoms with E-state index in [0.717, 1.165) is 27.1 Å². The predicted octanol–water partition coefficient (Wildman–Crippen LogP) is 3.87. The van der Waals surface area contributed by atoms with Crippen molar-refractivity contribution in [2.45, 2.75) is 20.8 Å². The molecule has 29 heavy (non-hydrogen) atoms. The number of amides is 1. The monoisotopic (exact) mass is 414 g/mol. The van der Waals surface area contributed by atoms with E-state index in [9.17, 15) is 9.59 Å². The van der Waals surface area contributed by atoms with Crippen molar-refractivity contribution >= 4 is 38.6 Å². The first kappa shape index (κ1) is 20.6. The Morgan fingerprint density at radius 1 is 1.03 bits per heavy atom. The van der Waals surface area contributed by atoms with Gasteiger partial charge in [-0.05, 0) is 62.2 Å². The van der Waals surface area contributed by atoms with Gasteiger partial charge < -0.3 is 14.2 Å². The maximum Gasteiger partial charge on any atom is 0.344 e. The molecule has 0 atom stereocenters. The molecule has 3 aromatic rings. The number of nitrogens with one attached hydrogen (secondary N) is 1. The van der Waals surface area contributed by atoms with Crippen molar-refractivity contribution in [3.8, 4) is 11.5 Å². The molecule has 0 saturated carbocycles. The summed E-state index contributed by atoms with van der Waals surface area (Å²) in [5.74, 6) is 0.145. The summed E-state index contributed by atoms with van der Waals surface area (Å²) in [6.07, 6.45) is 0. The summed E-state index contributed by atoms with van der Waals surface area (Å²) in [6, 6.07) is 11.0. The minimum absolute atomic E-state index is 0.291. The number of rotatable bonds is 8. The summed E-state index contributed by atoms with van der Waals surface area (Å²) in [6.45, 7) is 5.77. The summed E-state index contributed by atoms with van der Waals surface area (Å²) in [5, 5.41) is 3.13. The van der Waals surface area contributed by atoms with Crippen molar-refractivity contribution in [3.63, 3.8) is 0 Å². The lowest BCUT2D eigenvalue weighted by Crippen LogP contribution is -2.23. The number of fused-ring (bicyclic) bond motifs is 1. The van der Waals surface area contributed by atoms with E-state index in [1.165, 1.54) is 11.3 Å². The number of esters is 1. The highest BCUT2D eigenvalue weighted by Gasteiger charge is 2.12. The third-order valence-electron chi connectivity index (χ3n) is 3.93. The Morgan fingerprint density at radius 3 is 2.41 bits per heavy atom. The zero-order valence-corrected chi connectivity index (χ0v) is 17.3. The highest BCUT2D eigenvalue weighted by molar-refractivity contribution is 7.22. The summed E-state index contributed by atoms with van der Waals surface area (Å²) < 4.78 is 16.6. The van der Waals surface area contributed by atoms with Gasteiger partial charge in [0, 0.05) is 0 Å². The maximum absolute atomic E-state index is 12.0. The highest BCUT2D eigenvalue weighted by Crippen LogP contribution is 2.29. The van der Waals surface area contributed by atoms with Gasteiger partial charge in [0.05, 0.1) is 16.8 Å². The molecule has 1 N–H and O–H groups in total. The number of aryl methyl sites for hydroxylation is 2. The number of carbonyl (C=O) groups is 2. The third kappa shape index (κ3) is 5.68. The molecule has 2 aromatic carbocycles. The molecule has 0 unspecified atom stereocenters. The number of hydrogen-bond acceptors (Lipinski definition) is 7. The minimum Gasteiger partial charge on any atom is -0.494 e. The fourth-order valence-electron chi connectivity index (χ4n) is 2.71. The van der Waals surface area contributed by atoms with Gasteiger partial charge in [0.25, 0.3) is 5.91 Å². The number of nitrogens with zero attached hydrogens (tertiary/aromatic N) is 1. The quantitative estimate of drug-likeness (QED) is 0.563. The molecule has 152 valence electrons. The van der Waals surface area contributed by atoms with Crippen molar-refractivity contribution < 1.29 is 23.8 Å². The van der Waals surface area contributed by atoms with Crippen LogP contribution < -0.4 is 14.8 Å². The number of ether oxygens (including phenoxy) is 3. The van der Waals surface area contributed by atoms with E-state index in [1.807, 2.05) is 32.9 Å². The Morgan fingerprint density at radius 2 is 1.72 bits per heavy atom. The molecule has 0 fully saturated rings. The Bertz CT molecular complexity index is 1010. The number of thiazole rings is 1. The van der Waals surface area contributed by atoms with Gasteiger partial charge in [0.1, 0.15) is 11.5 Å². The Balaban J connectivity index is 1.45. The van der Waals surface area contributed by atoms with Crippen LogP contribution in [0.4, 0.5) is 5.13 Å². The fraction of sp³-hybridized carbons (Fsp3) is 0.286. The molecule has 3 rings (SSSR count). The van der Waals surface area contributed by atoms with E-state index < -0.39 is 18.5 Å². The van der Waals surface area contributed by atoms with Crippen LogP contribution in [0.3, 0.4) is 0 Å². The Labute approximate surface area is 172 Å². The van der Waals surface area contributed by atoms with Crippen molar-refractivity contribution in [3.05, 3.63) is 47.5 Å². The van der Waals surface area contributed by atoms with Gasteiger partial charge in [-0.15, -0.1) is 0 Å². The zero-order chi connectivity index (χ0) is 20.8. The average Bonchev–Trinajstić information content (AvgIpc) is 3.08. The molecule has 0 saturated heterocycles. The van der Waals surface area contributed by atoms with Crippen LogP contribution in [0.25, 0.3) is 10.2 Å². The second kappa shape index (κ2) is 9.38. The van der Waals surface area contributed by atoms with Gasteiger partial charge in [-0.1, -0.05) is 17.4 Å². The SMILES string of the molecule is CCOc1ccc(OCC(=O)OCC(=O)Nc2nc3c(C)cc(C)cc3s2)cc1. The summed E-state index contributed by atoms with van der Waals surface area (Å²) in [4.78, 5) is 28.3. The van der Waals surface area contributed by atoms with Crippen LogP contribution in [-0.2, 0) is 14.3 Å². The molecule has 1 aromatic heterocycles. The van der Waals surface area contributed by atoms with Gasteiger partial charge in [0.2, 0.25) is 0 Å². The van der Waals surface area contributed by atoms with Gasteiger partial charge in [-0.25, -0.2) is 9.78 Å². The molecular weight excluding hydrogens is 392 g/mol. The highest BCUT2D eigenvalue weighted by atomic mass is 32.1. The molecule has 0 aliphatic heterocycles. The molecule has 1 heterocycles. The first-order chi connectivity index (χ1) is 13.9. The summed E-state index contributed by atoms with van der Waals surface area (Å²) in [5.41, 5.74) is 3.05. The lowest BCUT2D eigenvalue weighted by molar-refractivity contribution is -0.149. The van der Waals surface area contributed by atoms with Crippen molar-refractivity contribution in [2.24, 2.45) is 0 Å². The molecule has 1 amide bonds. The first-order valence-electron chi connectivity index (χ1n) is 9.13. The van der Waals surface area contributed by atoms with E-state index >= 15 is 0 Å². The summed E-state index contributed by atoms with van der Waals surface area (Å²) >= 11 is 1.38. The largest absolute Gasteiger partial charge is 0.494 e. The lowest BCUT2D eigenvalue weighted by Gasteiger charge is -2.08. The van der Waals surface area contributed by atoms with Crippen LogP contribution in [0.2, 0.25) is 0 Å².